The summed E-state index contributed by atoms with van der Waals surface area (Å²) < 4.78 is 0. The van der Waals surface area contributed by atoms with E-state index in [1.54, 1.807) is 0 Å². The van der Waals surface area contributed by atoms with Gasteiger partial charge < -0.3 is 11.1 Å². The number of carbonyl (C=O) groups excluding carboxylic acids is 1. The zero-order chi connectivity index (χ0) is 13.1. The second-order valence-corrected chi connectivity index (χ2v) is 6.32. The third-order valence-corrected chi connectivity index (χ3v) is 4.29. The van der Waals surface area contributed by atoms with E-state index in [4.69, 9.17) is 5.73 Å². The number of nitrogens with two attached hydrogens (primary N) is 1. The fraction of sp³-hybridized carbons (Fsp3) is 0.929. The van der Waals surface area contributed by atoms with Gasteiger partial charge in [-0.05, 0) is 38.0 Å². The molecule has 104 valence electrons. The van der Waals surface area contributed by atoms with E-state index in [-0.39, 0.29) is 5.91 Å². The number of carbonyl (C=O) groups is 1. The van der Waals surface area contributed by atoms with Gasteiger partial charge in [-0.1, -0.05) is 13.8 Å². The molecule has 2 atom stereocenters. The Morgan fingerprint density at radius 1 is 1.33 bits per heavy atom. The number of hydrogen-bond donors (Lipinski definition) is 2. The minimum absolute atomic E-state index is 0.183. The summed E-state index contributed by atoms with van der Waals surface area (Å²) in [5.41, 5.74) is 6.03. The fourth-order valence-electron chi connectivity index (χ4n) is 3.30. The highest BCUT2D eigenvalue weighted by Crippen LogP contribution is 2.34. The quantitative estimate of drug-likeness (QED) is 0.771. The van der Waals surface area contributed by atoms with Crippen molar-refractivity contribution in [2.24, 2.45) is 11.7 Å². The molecule has 4 heteroatoms. The predicted octanol–water partition coefficient (Wildman–Crippen LogP) is 1.10. The molecule has 0 aromatic heterocycles. The lowest BCUT2D eigenvalue weighted by atomic mass is 9.98. The molecule has 1 amide bonds. The van der Waals surface area contributed by atoms with Crippen LogP contribution < -0.4 is 11.1 Å². The van der Waals surface area contributed by atoms with Crippen molar-refractivity contribution in [1.82, 2.24) is 10.2 Å². The zero-order valence-corrected chi connectivity index (χ0v) is 11.7. The summed E-state index contributed by atoms with van der Waals surface area (Å²) in [6.45, 7) is 5.73. The van der Waals surface area contributed by atoms with E-state index in [1.807, 2.05) is 0 Å². The molecule has 2 rings (SSSR count). The topological polar surface area (TPSA) is 58.4 Å². The summed E-state index contributed by atoms with van der Waals surface area (Å²) in [6, 6.07) is 1.45. The molecule has 2 bridgehead atoms. The van der Waals surface area contributed by atoms with Gasteiger partial charge in [-0.25, -0.2) is 0 Å². The first-order chi connectivity index (χ1) is 8.56. The van der Waals surface area contributed by atoms with Crippen molar-refractivity contribution in [2.75, 3.05) is 13.1 Å². The number of fused-ring (bicyclic) bond motifs is 2. The summed E-state index contributed by atoms with van der Waals surface area (Å²) in [5, 5.41) is 3.03. The van der Waals surface area contributed by atoms with E-state index < -0.39 is 0 Å². The zero-order valence-electron chi connectivity index (χ0n) is 11.7. The van der Waals surface area contributed by atoms with Crippen LogP contribution in [-0.2, 0) is 4.79 Å². The van der Waals surface area contributed by atoms with Crippen molar-refractivity contribution < 1.29 is 4.79 Å². The molecule has 0 aliphatic carbocycles. The van der Waals surface area contributed by atoms with E-state index in [2.05, 4.69) is 24.1 Å². The minimum Gasteiger partial charge on any atom is -0.355 e. The SMILES string of the molecule is CC(C)CCNC(=O)CN1C2CCC1CC(N)C2. The van der Waals surface area contributed by atoms with Crippen LogP contribution in [0.15, 0.2) is 0 Å². The Morgan fingerprint density at radius 3 is 2.50 bits per heavy atom. The Kier molecular flexibility index (Phi) is 4.62. The summed E-state index contributed by atoms with van der Waals surface area (Å²) in [7, 11) is 0. The second-order valence-electron chi connectivity index (χ2n) is 6.32. The van der Waals surface area contributed by atoms with Crippen molar-refractivity contribution in [3.05, 3.63) is 0 Å². The normalized spacial score (nSPS) is 31.9. The molecule has 0 radical (unpaired) electrons. The van der Waals surface area contributed by atoms with Gasteiger partial charge in [-0.3, -0.25) is 9.69 Å². The molecule has 0 aromatic carbocycles. The predicted molar refractivity (Wildman–Crippen MR) is 73.2 cm³/mol. The first kappa shape index (κ1) is 13.8. The summed E-state index contributed by atoms with van der Waals surface area (Å²) in [4.78, 5) is 14.3. The molecule has 3 N–H and O–H groups in total. The number of rotatable bonds is 5. The maximum absolute atomic E-state index is 11.9. The Bertz CT molecular complexity index is 279. The smallest absolute Gasteiger partial charge is 0.234 e. The van der Waals surface area contributed by atoms with Crippen LogP contribution in [-0.4, -0.2) is 42.0 Å². The maximum atomic E-state index is 11.9. The van der Waals surface area contributed by atoms with Gasteiger partial charge in [0.25, 0.3) is 0 Å². The van der Waals surface area contributed by atoms with Gasteiger partial charge in [0, 0.05) is 24.7 Å². The standard InChI is InChI=1S/C14H27N3O/c1-10(2)5-6-16-14(18)9-17-12-3-4-13(17)8-11(15)7-12/h10-13H,3-9,15H2,1-2H3,(H,16,18). The summed E-state index contributed by atoms with van der Waals surface area (Å²) in [5.74, 6) is 0.831. The average molecular weight is 253 g/mol. The molecular weight excluding hydrogens is 226 g/mol. The Hall–Kier alpha value is -0.610. The molecule has 2 saturated heterocycles. The van der Waals surface area contributed by atoms with Gasteiger partial charge in [0.2, 0.25) is 5.91 Å². The molecule has 2 unspecified atom stereocenters. The van der Waals surface area contributed by atoms with E-state index in [1.165, 1.54) is 12.8 Å². The summed E-state index contributed by atoms with van der Waals surface area (Å²) >= 11 is 0. The third-order valence-electron chi connectivity index (χ3n) is 4.29. The maximum Gasteiger partial charge on any atom is 0.234 e. The fourth-order valence-corrected chi connectivity index (χ4v) is 3.30. The Morgan fingerprint density at radius 2 is 1.94 bits per heavy atom. The van der Waals surface area contributed by atoms with Gasteiger partial charge in [0.15, 0.2) is 0 Å². The van der Waals surface area contributed by atoms with Crippen LogP contribution in [0.5, 0.6) is 0 Å². The number of nitrogens with one attached hydrogen (secondary N) is 1. The molecule has 2 heterocycles. The van der Waals surface area contributed by atoms with Crippen LogP contribution in [0.2, 0.25) is 0 Å². The van der Waals surface area contributed by atoms with Gasteiger partial charge in [-0.15, -0.1) is 0 Å². The molecule has 4 nitrogen and oxygen atoms in total. The second kappa shape index (κ2) is 6.02. The Labute approximate surface area is 110 Å². The van der Waals surface area contributed by atoms with Crippen molar-refractivity contribution in [3.63, 3.8) is 0 Å². The molecule has 2 fully saturated rings. The third kappa shape index (κ3) is 3.45. The number of piperidine rings is 1. The van der Waals surface area contributed by atoms with E-state index in [0.717, 1.165) is 25.8 Å². The number of hydrogen-bond acceptors (Lipinski definition) is 3. The largest absolute Gasteiger partial charge is 0.355 e. The van der Waals surface area contributed by atoms with Crippen LogP contribution in [0.1, 0.15) is 46.0 Å². The lowest BCUT2D eigenvalue weighted by Gasteiger charge is -2.37. The highest BCUT2D eigenvalue weighted by atomic mass is 16.2. The molecule has 0 spiro atoms. The highest BCUT2D eigenvalue weighted by Gasteiger charge is 2.40. The number of nitrogens with zero attached hydrogens (tertiary/aromatic N) is 1. The van der Waals surface area contributed by atoms with E-state index in [9.17, 15) is 4.79 Å². The minimum atomic E-state index is 0.183. The Balaban J connectivity index is 1.74. The molecule has 18 heavy (non-hydrogen) atoms. The van der Waals surface area contributed by atoms with E-state index >= 15 is 0 Å². The molecular formula is C14H27N3O. The first-order valence-corrected chi connectivity index (χ1v) is 7.34. The van der Waals surface area contributed by atoms with E-state index in [0.29, 0.717) is 30.6 Å². The van der Waals surface area contributed by atoms with Gasteiger partial charge in [0.1, 0.15) is 0 Å². The van der Waals surface area contributed by atoms with Crippen LogP contribution in [0.3, 0.4) is 0 Å². The lowest BCUT2D eigenvalue weighted by Crippen LogP contribution is -2.50. The van der Waals surface area contributed by atoms with Crippen LogP contribution in [0.25, 0.3) is 0 Å². The van der Waals surface area contributed by atoms with Crippen LogP contribution in [0.4, 0.5) is 0 Å². The van der Waals surface area contributed by atoms with Crippen LogP contribution in [0, 0.1) is 5.92 Å². The molecule has 0 saturated carbocycles. The lowest BCUT2D eigenvalue weighted by molar-refractivity contribution is -0.123. The monoisotopic (exact) mass is 253 g/mol. The van der Waals surface area contributed by atoms with Gasteiger partial charge in [-0.2, -0.15) is 0 Å². The first-order valence-electron chi connectivity index (χ1n) is 7.34. The molecule has 2 aliphatic rings. The molecule has 0 aromatic rings. The number of amides is 1. The average Bonchev–Trinajstić information content (AvgIpc) is 2.53. The van der Waals surface area contributed by atoms with Crippen molar-refractivity contribution in [2.45, 2.75) is 64.1 Å². The van der Waals surface area contributed by atoms with Gasteiger partial charge in [0.05, 0.1) is 6.54 Å². The van der Waals surface area contributed by atoms with Gasteiger partial charge >= 0.3 is 0 Å². The van der Waals surface area contributed by atoms with Crippen molar-refractivity contribution in [3.8, 4) is 0 Å². The summed E-state index contributed by atoms with van der Waals surface area (Å²) in [6.07, 6.45) is 5.63. The van der Waals surface area contributed by atoms with Crippen molar-refractivity contribution in [1.29, 1.82) is 0 Å². The van der Waals surface area contributed by atoms with Crippen LogP contribution >= 0.6 is 0 Å². The highest BCUT2D eigenvalue weighted by molar-refractivity contribution is 5.78. The molecule has 2 aliphatic heterocycles. The van der Waals surface area contributed by atoms with Crippen molar-refractivity contribution >= 4 is 5.91 Å².